The number of benzene rings is 3. The number of carbonyl (C=O) groups excluding carboxylic acids is 2. The second kappa shape index (κ2) is 11.0. The number of nitrogens with zero attached hydrogens (tertiary/aromatic N) is 3. The molecule has 0 saturated heterocycles. The highest BCUT2D eigenvalue weighted by molar-refractivity contribution is 7.07. The first kappa shape index (κ1) is 26.4. The summed E-state index contributed by atoms with van der Waals surface area (Å²) < 4.78 is 9.52. The van der Waals surface area contributed by atoms with Crippen LogP contribution in [0.5, 0.6) is 0 Å². The standard InChI is InChI=1S/C33H27N3O4S/c1-3-40-32(39)27-18-34-33-36(30(27)24-13-9-12-23(16-24)21(2)37)31(38)29(41-33)17-25-20-35(19-22-10-5-4-6-11-22)28-15-8-7-14-26(25)28/h4-18,20,30H,3,19H2,1-2H3/b29-17-/t30-/m0/s1. The van der Waals surface area contributed by atoms with Gasteiger partial charge in [-0.2, -0.15) is 0 Å². The zero-order valence-corrected chi connectivity index (χ0v) is 23.4. The Hall–Kier alpha value is -4.82. The second-order valence-electron chi connectivity index (χ2n) is 9.80. The number of Topliss-reactive ketones (excluding diaryl/α,β-unsaturated/α-hetero) is 1. The molecule has 5 aromatic rings. The van der Waals surface area contributed by atoms with Crippen LogP contribution in [0, 0.1) is 0 Å². The van der Waals surface area contributed by atoms with Gasteiger partial charge in [0.25, 0.3) is 5.56 Å². The summed E-state index contributed by atoms with van der Waals surface area (Å²) in [5.41, 5.74) is 4.28. The van der Waals surface area contributed by atoms with Crippen molar-refractivity contribution in [3.8, 4) is 0 Å². The zero-order valence-electron chi connectivity index (χ0n) is 22.6. The Bertz CT molecular complexity index is 2010. The Morgan fingerprint density at radius 3 is 2.59 bits per heavy atom. The van der Waals surface area contributed by atoms with Gasteiger partial charge in [-0.25, -0.2) is 9.79 Å². The molecule has 3 aromatic carbocycles. The third kappa shape index (κ3) is 4.98. The molecule has 0 radical (unpaired) electrons. The third-order valence-electron chi connectivity index (χ3n) is 7.13. The van der Waals surface area contributed by atoms with E-state index in [9.17, 15) is 14.4 Å². The molecule has 0 bridgehead atoms. The average Bonchev–Trinajstić information content (AvgIpc) is 3.50. The van der Waals surface area contributed by atoms with Gasteiger partial charge in [0.1, 0.15) is 0 Å². The fourth-order valence-electron chi connectivity index (χ4n) is 5.22. The van der Waals surface area contributed by atoms with E-state index in [1.54, 1.807) is 25.1 Å². The smallest absolute Gasteiger partial charge is 0.338 e. The quantitative estimate of drug-likeness (QED) is 0.215. The van der Waals surface area contributed by atoms with Gasteiger partial charge >= 0.3 is 5.97 Å². The maximum atomic E-state index is 14.0. The third-order valence-corrected chi connectivity index (χ3v) is 8.12. The van der Waals surface area contributed by atoms with E-state index in [4.69, 9.17) is 4.74 Å². The van der Waals surface area contributed by atoms with Gasteiger partial charge in [-0.1, -0.05) is 78.1 Å². The van der Waals surface area contributed by atoms with Gasteiger partial charge in [0.15, 0.2) is 10.6 Å². The van der Waals surface area contributed by atoms with Crippen LogP contribution in [0.1, 0.15) is 46.9 Å². The summed E-state index contributed by atoms with van der Waals surface area (Å²) in [6.45, 7) is 4.11. The van der Waals surface area contributed by atoms with E-state index in [-0.39, 0.29) is 23.5 Å². The number of ether oxygens (including phenoxy) is 1. The topological polar surface area (TPSA) is 82.7 Å². The van der Waals surface area contributed by atoms with Crippen molar-refractivity contribution in [2.24, 2.45) is 4.99 Å². The summed E-state index contributed by atoms with van der Waals surface area (Å²) in [6, 6.07) is 24.6. The summed E-state index contributed by atoms with van der Waals surface area (Å²) >= 11 is 1.27. The number of hydrogen-bond donors (Lipinski definition) is 0. The van der Waals surface area contributed by atoms with Crippen molar-refractivity contribution in [2.45, 2.75) is 26.4 Å². The summed E-state index contributed by atoms with van der Waals surface area (Å²) in [4.78, 5) is 44.1. The lowest BCUT2D eigenvalue weighted by atomic mass is 9.96. The van der Waals surface area contributed by atoms with Crippen LogP contribution in [0.3, 0.4) is 0 Å². The van der Waals surface area contributed by atoms with Crippen LogP contribution < -0.4 is 14.9 Å². The molecule has 0 aliphatic carbocycles. The van der Waals surface area contributed by atoms with Crippen LogP contribution in [0.25, 0.3) is 17.0 Å². The summed E-state index contributed by atoms with van der Waals surface area (Å²) in [7, 11) is 0. The molecule has 2 aromatic heterocycles. The average molecular weight is 562 g/mol. The first-order chi connectivity index (χ1) is 19.9. The molecule has 0 fully saturated rings. The van der Waals surface area contributed by atoms with Gasteiger partial charge in [0, 0.05) is 41.0 Å². The summed E-state index contributed by atoms with van der Waals surface area (Å²) in [5, 5.41) is 1.03. The molecule has 1 aliphatic heterocycles. The van der Waals surface area contributed by atoms with E-state index in [0.717, 1.165) is 16.5 Å². The second-order valence-corrected chi connectivity index (χ2v) is 10.8. The molecule has 1 atom stereocenters. The van der Waals surface area contributed by atoms with E-state index in [2.05, 4.69) is 40.0 Å². The Morgan fingerprint density at radius 2 is 1.80 bits per heavy atom. The number of carbonyl (C=O) groups is 2. The van der Waals surface area contributed by atoms with Gasteiger partial charge in [-0.15, -0.1) is 0 Å². The number of esters is 1. The minimum absolute atomic E-state index is 0.104. The number of rotatable bonds is 7. The molecular weight excluding hydrogens is 534 g/mol. The van der Waals surface area contributed by atoms with Crippen molar-refractivity contribution >= 4 is 40.1 Å². The van der Waals surface area contributed by atoms with Gasteiger partial charge in [0.2, 0.25) is 0 Å². The van der Waals surface area contributed by atoms with Gasteiger partial charge in [-0.05, 0) is 43.2 Å². The van der Waals surface area contributed by atoms with Crippen molar-refractivity contribution in [2.75, 3.05) is 6.61 Å². The number of thiazole rings is 1. The predicted octanol–water partition coefficient (Wildman–Crippen LogP) is 4.61. The Morgan fingerprint density at radius 1 is 1.02 bits per heavy atom. The Labute approximate surface area is 240 Å². The predicted molar refractivity (Wildman–Crippen MR) is 160 cm³/mol. The Balaban J connectivity index is 1.50. The van der Waals surface area contributed by atoms with E-state index >= 15 is 0 Å². The fraction of sp³-hybridized carbons (Fsp3) is 0.152. The number of aromatic nitrogens is 2. The number of fused-ring (bicyclic) bond motifs is 2. The lowest BCUT2D eigenvalue weighted by Gasteiger charge is -2.22. The first-order valence-corrected chi connectivity index (χ1v) is 14.2. The van der Waals surface area contributed by atoms with Crippen LogP contribution in [0.4, 0.5) is 0 Å². The molecule has 8 heteroatoms. The largest absolute Gasteiger partial charge is 0.463 e. The molecule has 1 aliphatic rings. The summed E-state index contributed by atoms with van der Waals surface area (Å²) in [5.74, 6) is -0.652. The van der Waals surface area contributed by atoms with Crippen LogP contribution >= 0.6 is 11.3 Å². The molecule has 0 N–H and O–H groups in total. The van der Waals surface area contributed by atoms with Crippen molar-refractivity contribution in [1.29, 1.82) is 0 Å². The Kier molecular flexibility index (Phi) is 7.07. The highest BCUT2D eigenvalue weighted by atomic mass is 32.1. The monoisotopic (exact) mass is 561 g/mol. The van der Waals surface area contributed by atoms with Crippen molar-refractivity contribution in [3.63, 3.8) is 0 Å². The first-order valence-electron chi connectivity index (χ1n) is 13.4. The van der Waals surface area contributed by atoms with Crippen molar-refractivity contribution in [3.05, 3.63) is 139 Å². The maximum Gasteiger partial charge on any atom is 0.338 e. The van der Waals surface area contributed by atoms with E-state index < -0.39 is 12.0 Å². The van der Waals surface area contributed by atoms with E-state index in [1.165, 1.54) is 34.6 Å². The normalized spacial score (nSPS) is 14.8. The molecule has 0 amide bonds. The fourth-order valence-corrected chi connectivity index (χ4v) is 6.18. The van der Waals surface area contributed by atoms with Crippen molar-refractivity contribution in [1.82, 2.24) is 9.13 Å². The zero-order chi connectivity index (χ0) is 28.5. The van der Waals surface area contributed by atoms with Gasteiger partial charge < -0.3 is 9.30 Å². The lowest BCUT2D eigenvalue weighted by molar-refractivity contribution is -0.139. The number of ketones is 1. The molecule has 6 rings (SSSR count). The van der Waals surface area contributed by atoms with Crippen molar-refractivity contribution < 1.29 is 14.3 Å². The summed E-state index contributed by atoms with van der Waals surface area (Å²) in [6.07, 6.45) is 5.43. The van der Waals surface area contributed by atoms with Crippen LogP contribution in [-0.4, -0.2) is 27.5 Å². The van der Waals surface area contributed by atoms with E-state index in [1.807, 2.05) is 42.5 Å². The van der Waals surface area contributed by atoms with E-state index in [0.29, 0.717) is 27.0 Å². The number of hydrogen-bond acceptors (Lipinski definition) is 6. The number of para-hydroxylation sites is 1. The molecule has 7 nitrogen and oxygen atoms in total. The van der Waals surface area contributed by atoms with Crippen LogP contribution in [0.15, 0.2) is 107 Å². The lowest BCUT2D eigenvalue weighted by Crippen LogP contribution is -2.39. The molecule has 0 unspecified atom stereocenters. The molecule has 41 heavy (non-hydrogen) atoms. The minimum atomic E-state index is -0.772. The highest BCUT2D eigenvalue weighted by Crippen LogP contribution is 2.28. The minimum Gasteiger partial charge on any atom is -0.463 e. The molecule has 0 spiro atoms. The highest BCUT2D eigenvalue weighted by Gasteiger charge is 2.31. The molecular formula is C33H27N3O4S. The maximum absolute atomic E-state index is 14.0. The SMILES string of the molecule is CCOC(=O)C1=CN=c2s/c(=C\c3cn(Cc4ccccc4)c4ccccc34)c(=O)n2[C@H]1c1cccc(C(C)=O)c1. The van der Waals surface area contributed by atoms with Crippen LogP contribution in [0.2, 0.25) is 0 Å². The van der Waals surface area contributed by atoms with Gasteiger partial charge in [0.05, 0.1) is 22.8 Å². The van der Waals surface area contributed by atoms with Crippen LogP contribution in [-0.2, 0) is 16.1 Å². The molecule has 0 saturated carbocycles. The van der Waals surface area contributed by atoms with Gasteiger partial charge in [-0.3, -0.25) is 14.2 Å². The molecule has 3 heterocycles. The molecule has 204 valence electrons.